The van der Waals surface area contributed by atoms with E-state index in [4.69, 9.17) is 0 Å². The van der Waals surface area contributed by atoms with E-state index in [1.807, 2.05) is 58.9 Å². The third kappa shape index (κ3) is 4.05. The number of rotatable bonds is 5. The van der Waals surface area contributed by atoms with Gasteiger partial charge in [-0.2, -0.15) is 0 Å². The second-order valence-electron chi connectivity index (χ2n) is 9.90. The molecule has 2 rings (SSSR count). The molecule has 1 unspecified atom stereocenters. The number of carbonyl (C=O) groups is 3. The zero-order valence-electron chi connectivity index (χ0n) is 17.1. The van der Waals surface area contributed by atoms with Crippen molar-refractivity contribution in [1.82, 2.24) is 0 Å². The largest absolute Gasteiger partial charge is 0.303 e. The maximum absolute atomic E-state index is 12.7. The summed E-state index contributed by atoms with van der Waals surface area (Å²) in [4.78, 5) is 37.7. The summed E-state index contributed by atoms with van der Waals surface area (Å²) in [6.45, 7) is 14.1. The van der Waals surface area contributed by atoms with E-state index >= 15 is 0 Å². The van der Waals surface area contributed by atoms with Crippen molar-refractivity contribution in [2.75, 3.05) is 4.90 Å². The first-order valence-corrected chi connectivity index (χ1v) is 9.22. The van der Waals surface area contributed by atoms with Gasteiger partial charge >= 0.3 is 0 Å². The number of imide groups is 1. The molecule has 1 aromatic rings. The van der Waals surface area contributed by atoms with E-state index in [1.165, 1.54) is 4.90 Å². The molecular weight excluding hydrogens is 326 g/mol. The third-order valence-corrected chi connectivity index (χ3v) is 5.32. The van der Waals surface area contributed by atoms with Crippen molar-refractivity contribution in [2.24, 2.45) is 16.7 Å². The van der Waals surface area contributed by atoms with Crippen LogP contribution in [0, 0.1) is 16.7 Å². The Labute approximate surface area is 157 Å². The SMILES string of the molecule is CC(C)(C=O)CC(C)(C)c1ccc(N2C(=O)CC(C(C)(C)C)C2=O)cc1. The van der Waals surface area contributed by atoms with E-state index in [1.54, 1.807) is 0 Å². The van der Waals surface area contributed by atoms with Gasteiger partial charge in [0.2, 0.25) is 11.8 Å². The molecule has 1 saturated heterocycles. The Morgan fingerprint density at radius 2 is 1.54 bits per heavy atom. The van der Waals surface area contributed by atoms with Gasteiger partial charge in [0.1, 0.15) is 6.29 Å². The lowest BCUT2D eigenvalue weighted by Gasteiger charge is -2.32. The Kier molecular flexibility index (Phi) is 5.19. The van der Waals surface area contributed by atoms with Crippen molar-refractivity contribution in [1.29, 1.82) is 0 Å². The lowest BCUT2D eigenvalue weighted by Crippen LogP contribution is -2.34. The monoisotopic (exact) mass is 357 g/mol. The molecule has 4 nitrogen and oxygen atoms in total. The maximum Gasteiger partial charge on any atom is 0.237 e. The van der Waals surface area contributed by atoms with Gasteiger partial charge in [0.25, 0.3) is 0 Å². The number of hydrogen-bond acceptors (Lipinski definition) is 3. The van der Waals surface area contributed by atoms with Crippen molar-refractivity contribution >= 4 is 23.8 Å². The minimum absolute atomic E-state index is 0.114. The van der Waals surface area contributed by atoms with Crippen molar-refractivity contribution in [3.05, 3.63) is 29.8 Å². The maximum atomic E-state index is 12.7. The fourth-order valence-corrected chi connectivity index (χ4v) is 3.92. The summed E-state index contributed by atoms with van der Waals surface area (Å²) in [5.74, 6) is -0.528. The summed E-state index contributed by atoms with van der Waals surface area (Å²) < 4.78 is 0. The first kappa shape index (κ1) is 20.3. The van der Waals surface area contributed by atoms with Crippen LogP contribution in [0.5, 0.6) is 0 Å². The predicted octanol–water partition coefficient (Wildman–Crippen LogP) is 4.51. The van der Waals surface area contributed by atoms with Gasteiger partial charge in [0.15, 0.2) is 0 Å². The number of nitrogens with zero attached hydrogens (tertiary/aromatic N) is 1. The second-order valence-corrected chi connectivity index (χ2v) is 9.90. The summed E-state index contributed by atoms with van der Waals surface area (Å²) in [5.41, 5.74) is 0.895. The van der Waals surface area contributed by atoms with Gasteiger partial charge in [-0.05, 0) is 34.9 Å². The molecule has 1 fully saturated rings. The first-order valence-electron chi connectivity index (χ1n) is 9.22. The Bertz CT molecular complexity index is 708. The van der Waals surface area contributed by atoms with Crippen LogP contribution in [0.3, 0.4) is 0 Å². The number of anilines is 1. The smallest absolute Gasteiger partial charge is 0.237 e. The molecule has 1 atom stereocenters. The molecule has 1 aromatic carbocycles. The summed E-state index contributed by atoms with van der Waals surface area (Å²) in [6.07, 6.45) is 1.98. The number of benzene rings is 1. The lowest BCUT2D eigenvalue weighted by atomic mass is 9.72. The molecule has 26 heavy (non-hydrogen) atoms. The van der Waals surface area contributed by atoms with Crippen molar-refractivity contribution in [3.63, 3.8) is 0 Å². The van der Waals surface area contributed by atoms with E-state index in [2.05, 4.69) is 13.8 Å². The van der Waals surface area contributed by atoms with Gasteiger partial charge < -0.3 is 4.79 Å². The zero-order chi connectivity index (χ0) is 19.9. The molecule has 1 heterocycles. The minimum atomic E-state index is -0.400. The molecule has 4 heteroatoms. The lowest BCUT2D eigenvalue weighted by molar-refractivity contribution is -0.123. The van der Waals surface area contributed by atoms with E-state index in [-0.39, 0.29) is 35.0 Å². The number of hydrogen-bond donors (Lipinski definition) is 0. The van der Waals surface area contributed by atoms with Gasteiger partial charge in [-0.25, -0.2) is 0 Å². The number of carbonyl (C=O) groups excluding carboxylic acids is 3. The number of amides is 2. The van der Waals surface area contributed by atoms with E-state index in [0.717, 1.165) is 18.3 Å². The molecule has 0 radical (unpaired) electrons. The Hall–Kier alpha value is -1.97. The normalized spacial score (nSPS) is 19.2. The van der Waals surface area contributed by atoms with Crippen LogP contribution in [0.2, 0.25) is 0 Å². The van der Waals surface area contributed by atoms with Crippen LogP contribution in [0.25, 0.3) is 0 Å². The molecule has 0 spiro atoms. The fraction of sp³-hybridized carbons (Fsp3) is 0.591. The van der Waals surface area contributed by atoms with Crippen molar-refractivity contribution in [2.45, 2.75) is 66.7 Å². The van der Waals surface area contributed by atoms with Gasteiger partial charge in [-0.3, -0.25) is 14.5 Å². The topological polar surface area (TPSA) is 54.5 Å². The fourth-order valence-electron chi connectivity index (χ4n) is 3.92. The molecule has 2 amide bonds. The summed E-state index contributed by atoms with van der Waals surface area (Å²) >= 11 is 0. The molecule has 0 bridgehead atoms. The first-order chi connectivity index (χ1) is 11.8. The van der Waals surface area contributed by atoms with Gasteiger partial charge in [0, 0.05) is 11.8 Å². The molecule has 0 N–H and O–H groups in total. The summed E-state index contributed by atoms with van der Waals surface area (Å²) in [5, 5.41) is 0. The van der Waals surface area contributed by atoms with Crippen LogP contribution in [-0.4, -0.2) is 18.1 Å². The van der Waals surface area contributed by atoms with E-state index < -0.39 is 5.41 Å². The highest BCUT2D eigenvalue weighted by molar-refractivity contribution is 6.21. The summed E-state index contributed by atoms with van der Waals surface area (Å²) in [7, 11) is 0. The van der Waals surface area contributed by atoms with Crippen LogP contribution in [-0.2, 0) is 19.8 Å². The quantitative estimate of drug-likeness (QED) is 0.576. The third-order valence-electron chi connectivity index (χ3n) is 5.32. The Morgan fingerprint density at radius 3 is 1.96 bits per heavy atom. The Balaban J connectivity index is 2.26. The zero-order valence-corrected chi connectivity index (χ0v) is 17.1. The predicted molar refractivity (Wildman–Crippen MR) is 104 cm³/mol. The van der Waals surface area contributed by atoms with Crippen molar-refractivity contribution in [3.8, 4) is 0 Å². The molecule has 1 aliphatic rings. The average Bonchev–Trinajstić information content (AvgIpc) is 2.81. The number of aldehydes is 1. The van der Waals surface area contributed by atoms with Gasteiger partial charge in [0.05, 0.1) is 11.6 Å². The van der Waals surface area contributed by atoms with Crippen LogP contribution < -0.4 is 4.90 Å². The van der Waals surface area contributed by atoms with Gasteiger partial charge in [-0.1, -0.05) is 60.6 Å². The van der Waals surface area contributed by atoms with Crippen LogP contribution in [0.15, 0.2) is 24.3 Å². The summed E-state index contributed by atoms with van der Waals surface area (Å²) in [6, 6.07) is 7.60. The van der Waals surface area contributed by atoms with Crippen LogP contribution >= 0.6 is 0 Å². The molecule has 0 saturated carbocycles. The second kappa shape index (κ2) is 6.64. The van der Waals surface area contributed by atoms with Crippen LogP contribution in [0.4, 0.5) is 5.69 Å². The minimum Gasteiger partial charge on any atom is -0.303 e. The van der Waals surface area contributed by atoms with Gasteiger partial charge in [-0.15, -0.1) is 0 Å². The molecular formula is C22H31NO3. The average molecular weight is 357 g/mol. The highest BCUT2D eigenvalue weighted by Gasteiger charge is 2.45. The Morgan fingerprint density at radius 1 is 1.00 bits per heavy atom. The highest BCUT2D eigenvalue weighted by Crippen LogP contribution is 2.39. The highest BCUT2D eigenvalue weighted by atomic mass is 16.2. The van der Waals surface area contributed by atoms with Crippen LogP contribution in [0.1, 0.15) is 66.9 Å². The van der Waals surface area contributed by atoms with E-state index in [9.17, 15) is 14.4 Å². The molecule has 1 aliphatic heterocycles. The molecule has 0 aromatic heterocycles. The molecule has 0 aliphatic carbocycles. The van der Waals surface area contributed by atoms with E-state index in [0.29, 0.717) is 5.69 Å². The van der Waals surface area contributed by atoms with Crippen molar-refractivity contribution < 1.29 is 14.4 Å². The standard InChI is InChI=1S/C22H31NO3/c1-20(2,3)17-12-18(25)23(19(17)26)16-10-8-15(9-11-16)22(6,7)13-21(4,5)14-24/h8-11,14,17H,12-13H2,1-7H3. The molecule has 142 valence electrons.